The Kier molecular flexibility index (Phi) is 5.13. The van der Waals surface area contributed by atoms with Crippen molar-refractivity contribution < 1.29 is 14.3 Å². The number of rotatable bonds is 6. The first kappa shape index (κ1) is 16.5. The van der Waals surface area contributed by atoms with E-state index in [-0.39, 0.29) is 19.1 Å². The van der Waals surface area contributed by atoms with E-state index >= 15 is 0 Å². The number of ether oxygens (including phenoxy) is 2. The first-order valence-corrected chi connectivity index (χ1v) is 8.17. The van der Waals surface area contributed by atoms with Crippen LogP contribution < -0.4 is 11.1 Å². The lowest BCUT2D eigenvalue weighted by atomic mass is 9.98. The predicted molar refractivity (Wildman–Crippen MR) is 92.7 cm³/mol. The van der Waals surface area contributed by atoms with Crippen LogP contribution in [0, 0.1) is 0 Å². The van der Waals surface area contributed by atoms with E-state index in [1.54, 1.807) is 0 Å². The average Bonchev–Trinajstić information content (AvgIpc) is 2.93. The van der Waals surface area contributed by atoms with Crippen molar-refractivity contribution in [3.63, 3.8) is 0 Å². The number of nitrogens with one attached hydrogen (secondary N) is 1. The molecule has 5 nitrogen and oxygen atoms in total. The van der Waals surface area contributed by atoms with Gasteiger partial charge in [0.1, 0.15) is 12.8 Å². The normalized spacial score (nSPS) is 13.9. The van der Waals surface area contributed by atoms with Crippen molar-refractivity contribution in [1.82, 2.24) is 5.32 Å². The van der Waals surface area contributed by atoms with Crippen LogP contribution in [0.1, 0.15) is 24.0 Å². The highest BCUT2D eigenvalue weighted by molar-refractivity contribution is 5.79. The summed E-state index contributed by atoms with van der Waals surface area (Å²) in [6, 6.07) is 16.5. The minimum absolute atomic E-state index is 0.0478. The third-order valence-corrected chi connectivity index (χ3v) is 4.20. The van der Waals surface area contributed by atoms with Gasteiger partial charge in [-0.15, -0.1) is 0 Å². The number of hydrogen-bond donors (Lipinski definition) is 2. The van der Waals surface area contributed by atoms with Crippen molar-refractivity contribution >= 4 is 6.09 Å². The molecule has 0 spiro atoms. The molecule has 3 rings (SSSR count). The van der Waals surface area contributed by atoms with Crippen LogP contribution in [0.2, 0.25) is 0 Å². The Labute approximate surface area is 141 Å². The van der Waals surface area contributed by atoms with Crippen molar-refractivity contribution in [2.45, 2.75) is 19.1 Å². The maximum Gasteiger partial charge on any atom is 0.409 e. The third kappa shape index (κ3) is 3.27. The molecule has 1 unspecified atom stereocenters. The first-order chi connectivity index (χ1) is 11.7. The molecule has 2 aromatic carbocycles. The fraction of sp³-hybridized carbons (Fsp3) is 0.316. The van der Waals surface area contributed by atoms with Crippen LogP contribution >= 0.6 is 0 Å². The van der Waals surface area contributed by atoms with Crippen molar-refractivity contribution in [2.24, 2.45) is 5.73 Å². The number of benzene rings is 2. The van der Waals surface area contributed by atoms with Gasteiger partial charge < -0.3 is 15.2 Å². The molecule has 0 aliphatic heterocycles. The molecule has 3 N–H and O–H groups in total. The molecule has 126 valence electrons. The molecule has 1 atom stereocenters. The Morgan fingerprint density at radius 3 is 2.25 bits per heavy atom. The Morgan fingerprint density at radius 2 is 1.71 bits per heavy atom. The second-order valence-electron chi connectivity index (χ2n) is 5.65. The van der Waals surface area contributed by atoms with Gasteiger partial charge in [-0.2, -0.15) is 0 Å². The fourth-order valence-corrected chi connectivity index (χ4v) is 3.14. The summed E-state index contributed by atoms with van der Waals surface area (Å²) in [5.41, 5.74) is 10.3. The molecule has 0 fully saturated rings. The second kappa shape index (κ2) is 7.47. The summed E-state index contributed by atoms with van der Waals surface area (Å²) < 4.78 is 10.7. The molecule has 1 amide bonds. The number of carbonyl (C=O) groups excluding carboxylic acids is 1. The average molecular weight is 326 g/mol. The largest absolute Gasteiger partial charge is 0.448 e. The number of amides is 1. The summed E-state index contributed by atoms with van der Waals surface area (Å²) in [4.78, 5) is 12.0. The highest BCUT2D eigenvalue weighted by Crippen LogP contribution is 2.44. The summed E-state index contributed by atoms with van der Waals surface area (Å²) >= 11 is 0. The van der Waals surface area contributed by atoms with Crippen LogP contribution in [0.3, 0.4) is 0 Å². The van der Waals surface area contributed by atoms with E-state index in [0.29, 0.717) is 6.61 Å². The molecule has 0 bridgehead atoms. The molecular weight excluding hydrogens is 304 g/mol. The van der Waals surface area contributed by atoms with Gasteiger partial charge in [-0.1, -0.05) is 48.5 Å². The van der Waals surface area contributed by atoms with Gasteiger partial charge in [0.2, 0.25) is 0 Å². The van der Waals surface area contributed by atoms with Crippen LogP contribution in [0.5, 0.6) is 0 Å². The van der Waals surface area contributed by atoms with E-state index in [0.717, 1.165) is 0 Å². The van der Waals surface area contributed by atoms with E-state index < -0.39 is 12.3 Å². The van der Waals surface area contributed by atoms with Gasteiger partial charge in [0.25, 0.3) is 0 Å². The molecule has 0 radical (unpaired) electrons. The standard InChI is InChI=1S/C19H22N2O3/c1-2-23-18(11-20)21-19(22)24-12-17-15-9-5-3-7-13(15)14-8-4-6-10-16(14)17/h3-10,17-18H,2,11-12,20H2,1H3,(H,21,22). The molecule has 0 heterocycles. The molecule has 5 heteroatoms. The molecule has 1 aliphatic rings. The van der Waals surface area contributed by atoms with Crippen molar-refractivity contribution in [3.05, 3.63) is 59.7 Å². The van der Waals surface area contributed by atoms with Gasteiger partial charge in [0.05, 0.1) is 0 Å². The van der Waals surface area contributed by atoms with Gasteiger partial charge in [-0.05, 0) is 29.2 Å². The Morgan fingerprint density at radius 1 is 1.12 bits per heavy atom. The summed E-state index contributed by atoms with van der Waals surface area (Å²) in [7, 11) is 0. The van der Waals surface area contributed by atoms with Crippen molar-refractivity contribution in [2.75, 3.05) is 19.8 Å². The predicted octanol–water partition coefficient (Wildman–Crippen LogP) is 2.85. The maximum absolute atomic E-state index is 12.0. The van der Waals surface area contributed by atoms with Gasteiger partial charge in [-0.3, -0.25) is 5.32 Å². The van der Waals surface area contributed by atoms with Gasteiger partial charge >= 0.3 is 6.09 Å². The highest BCUT2D eigenvalue weighted by atomic mass is 16.6. The lowest BCUT2D eigenvalue weighted by Gasteiger charge is -2.18. The molecule has 0 aromatic heterocycles. The number of alkyl carbamates (subject to hydrolysis) is 1. The summed E-state index contributed by atoms with van der Waals surface area (Å²) in [6.07, 6.45) is -1.04. The summed E-state index contributed by atoms with van der Waals surface area (Å²) in [6.45, 7) is 2.81. The highest BCUT2D eigenvalue weighted by Gasteiger charge is 2.29. The monoisotopic (exact) mass is 326 g/mol. The minimum Gasteiger partial charge on any atom is -0.448 e. The zero-order chi connectivity index (χ0) is 16.9. The second-order valence-corrected chi connectivity index (χ2v) is 5.65. The van der Waals surface area contributed by atoms with Gasteiger partial charge in [-0.25, -0.2) is 4.79 Å². The number of fused-ring (bicyclic) bond motifs is 3. The van der Waals surface area contributed by atoms with E-state index in [4.69, 9.17) is 15.2 Å². The van der Waals surface area contributed by atoms with Gasteiger partial charge in [0.15, 0.2) is 0 Å². The summed E-state index contributed by atoms with van der Waals surface area (Å²) in [5, 5.41) is 2.63. The number of carbonyl (C=O) groups is 1. The SMILES string of the molecule is CCOC(CN)NC(=O)OCC1c2ccccc2-c2ccccc21. The maximum atomic E-state index is 12.0. The van der Waals surface area contributed by atoms with Crippen LogP contribution in [-0.4, -0.2) is 32.1 Å². The number of nitrogens with two attached hydrogens (primary N) is 1. The summed E-state index contributed by atoms with van der Waals surface area (Å²) in [5.74, 6) is 0.0478. The van der Waals surface area contributed by atoms with Crippen LogP contribution in [0.4, 0.5) is 4.79 Å². The van der Waals surface area contributed by atoms with Crippen LogP contribution in [-0.2, 0) is 9.47 Å². The van der Waals surface area contributed by atoms with Crippen molar-refractivity contribution in [3.8, 4) is 11.1 Å². The van der Waals surface area contributed by atoms with Crippen LogP contribution in [0.15, 0.2) is 48.5 Å². The zero-order valence-corrected chi connectivity index (χ0v) is 13.7. The Hall–Kier alpha value is -2.37. The molecule has 1 aliphatic carbocycles. The smallest absolute Gasteiger partial charge is 0.409 e. The molecule has 2 aromatic rings. The zero-order valence-electron chi connectivity index (χ0n) is 13.7. The number of hydrogen-bond acceptors (Lipinski definition) is 4. The third-order valence-electron chi connectivity index (χ3n) is 4.20. The first-order valence-electron chi connectivity index (χ1n) is 8.17. The van der Waals surface area contributed by atoms with E-state index in [2.05, 4.69) is 29.6 Å². The molecular formula is C19H22N2O3. The van der Waals surface area contributed by atoms with Crippen LogP contribution in [0.25, 0.3) is 11.1 Å². The minimum atomic E-state index is -0.523. The van der Waals surface area contributed by atoms with Gasteiger partial charge in [0, 0.05) is 19.1 Å². The quantitative estimate of drug-likeness (QED) is 0.801. The van der Waals surface area contributed by atoms with E-state index in [1.807, 2.05) is 31.2 Å². The Balaban J connectivity index is 1.70. The molecule has 0 saturated heterocycles. The lowest BCUT2D eigenvalue weighted by molar-refractivity contribution is 0.0385. The van der Waals surface area contributed by atoms with Crippen molar-refractivity contribution in [1.29, 1.82) is 0 Å². The topological polar surface area (TPSA) is 73.6 Å². The lowest BCUT2D eigenvalue weighted by Crippen LogP contribution is -2.42. The Bertz CT molecular complexity index is 672. The van der Waals surface area contributed by atoms with E-state index in [1.165, 1.54) is 22.3 Å². The van der Waals surface area contributed by atoms with E-state index in [9.17, 15) is 4.79 Å². The molecule has 0 saturated carbocycles. The molecule has 24 heavy (non-hydrogen) atoms. The fourth-order valence-electron chi connectivity index (χ4n) is 3.14.